The van der Waals surface area contributed by atoms with Crippen molar-refractivity contribution in [3.63, 3.8) is 0 Å². The van der Waals surface area contributed by atoms with Crippen molar-refractivity contribution in [3.8, 4) is 0 Å². The topological polar surface area (TPSA) is 46.0 Å². The SMILES string of the molecule is OC(Cc1ncns1)c1ccccc1. The van der Waals surface area contributed by atoms with Crippen molar-refractivity contribution in [1.82, 2.24) is 9.36 Å². The molecule has 1 heterocycles. The second kappa shape index (κ2) is 4.30. The lowest BCUT2D eigenvalue weighted by atomic mass is 10.1. The molecule has 1 atom stereocenters. The molecule has 0 radical (unpaired) electrons. The number of hydrogen-bond acceptors (Lipinski definition) is 4. The van der Waals surface area contributed by atoms with Gasteiger partial charge >= 0.3 is 0 Å². The summed E-state index contributed by atoms with van der Waals surface area (Å²) in [6.07, 6.45) is 1.57. The molecule has 0 spiro atoms. The van der Waals surface area contributed by atoms with Crippen molar-refractivity contribution in [3.05, 3.63) is 47.2 Å². The van der Waals surface area contributed by atoms with Gasteiger partial charge in [0.1, 0.15) is 11.3 Å². The fourth-order valence-corrected chi connectivity index (χ4v) is 1.79. The maximum atomic E-state index is 9.83. The molecule has 2 aromatic rings. The lowest BCUT2D eigenvalue weighted by molar-refractivity contribution is 0.178. The molecule has 1 N–H and O–H groups in total. The molecule has 0 aliphatic heterocycles. The summed E-state index contributed by atoms with van der Waals surface area (Å²) >= 11 is 1.32. The van der Waals surface area contributed by atoms with Crippen LogP contribution in [0.25, 0.3) is 0 Å². The van der Waals surface area contributed by atoms with E-state index in [0.717, 1.165) is 10.6 Å². The number of rotatable bonds is 3. The molecule has 1 unspecified atom stereocenters. The summed E-state index contributed by atoms with van der Waals surface area (Å²) in [7, 11) is 0. The largest absolute Gasteiger partial charge is 0.388 e. The third kappa shape index (κ3) is 2.16. The molecule has 14 heavy (non-hydrogen) atoms. The zero-order valence-electron chi connectivity index (χ0n) is 7.50. The predicted molar refractivity (Wildman–Crippen MR) is 55.0 cm³/mol. The summed E-state index contributed by atoms with van der Waals surface area (Å²) in [5, 5.41) is 10.7. The summed E-state index contributed by atoms with van der Waals surface area (Å²) in [4.78, 5) is 4.03. The Bertz CT molecular complexity index is 374. The van der Waals surface area contributed by atoms with Gasteiger partial charge in [-0.1, -0.05) is 30.3 Å². The van der Waals surface area contributed by atoms with Crippen LogP contribution < -0.4 is 0 Å². The fourth-order valence-electron chi connectivity index (χ4n) is 1.24. The first-order valence-corrected chi connectivity index (χ1v) is 5.12. The summed E-state index contributed by atoms with van der Waals surface area (Å²) in [5.41, 5.74) is 0.919. The molecule has 1 aromatic heterocycles. The van der Waals surface area contributed by atoms with Gasteiger partial charge in [0.15, 0.2) is 0 Å². The molecule has 0 aliphatic carbocycles. The standard InChI is InChI=1S/C10H10N2OS/c13-9(6-10-11-7-12-14-10)8-4-2-1-3-5-8/h1-5,7,9,13H,6H2. The maximum absolute atomic E-state index is 9.83. The summed E-state index contributed by atoms with van der Waals surface area (Å²) in [6, 6.07) is 9.58. The van der Waals surface area contributed by atoms with Gasteiger partial charge in [0, 0.05) is 6.42 Å². The Kier molecular flexibility index (Phi) is 2.86. The minimum Gasteiger partial charge on any atom is -0.388 e. The average molecular weight is 206 g/mol. The molecule has 0 aliphatic rings. The number of aliphatic hydroxyl groups is 1. The normalized spacial score (nSPS) is 12.6. The molecule has 3 nitrogen and oxygen atoms in total. The highest BCUT2D eigenvalue weighted by atomic mass is 32.1. The van der Waals surface area contributed by atoms with Crippen molar-refractivity contribution in [2.24, 2.45) is 0 Å². The van der Waals surface area contributed by atoms with E-state index >= 15 is 0 Å². The molecule has 0 saturated heterocycles. The van der Waals surface area contributed by atoms with E-state index in [0.29, 0.717) is 6.42 Å². The van der Waals surface area contributed by atoms with Crippen molar-refractivity contribution < 1.29 is 5.11 Å². The van der Waals surface area contributed by atoms with Crippen LogP contribution in [0, 0.1) is 0 Å². The molecule has 72 valence electrons. The molecule has 0 fully saturated rings. The van der Waals surface area contributed by atoms with E-state index in [1.54, 1.807) is 0 Å². The van der Waals surface area contributed by atoms with Crippen molar-refractivity contribution in [1.29, 1.82) is 0 Å². The van der Waals surface area contributed by atoms with Crippen LogP contribution in [0.4, 0.5) is 0 Å². The number of benzene rings is 1. The van der Waals surface area contributed by atoms with E-state index in [9.17, 15) is 5.11 Å². The average Bonchev–Trinajstić information content (AvgIpc) is 2.72. The van der Waals surface area contributed by atoms with Crippen LogP contribution >= 0.6 is 11.5 Å². The quantitative estimate of drug-likeness (QED) is 0.833. The van der Waals surface area contributed by atoms with E-state index in [4.69, 9.17) is 0 Å². The predicted octanol–water partition coefficient (Wildman–Crippen LogP) is 1.81. The van der Waals surface area contributed by atoms with Gasteiger partial charge in [-0.25, -0.2) is 4.98 Å². The molecular weight excluding hydrogens is 196 g/mol. The first-order chi connectivity index (χ1) is 6.86. The van der Waals surface area contributed by atoms with Crippen LogP contribution in [0.1, 0.15) is 16.7 Å². The Morgan fingerprint density at radius 3 is 2.71 bits per heavy atom. The molecular formula is C10H10N2OS. The summed E-state index contributed by atoms with van der Waals surface area (Å²) < 4.78 is 3.89. The van der Waals surface area contributed by atoms with E-state index in [2.05, 4.69) is 9.36 Å². The Hall–Kier alpha value is -1.26. The van der Waals surface area contributed by atoms with Crippen LogP contribution in [0.15, 0.2) is 36.7 Å². The summed E-state index contributed by atoms with van der Waals surface area (Å²) in [5.74, 6) is 0. The van der Waals surface area contributed by atoms with Gasteiger partial charge in [-0.3, -0.25) is 0 Å². The highest BCUT2D eigenvalue weighted by Gasteiger charge is 2.09. The first kappa shape index (κ1) is 9.30. The highest BCUT2D eigenvalue weighted by Crippen LogP contribution is 2.17. The molecule has 0 bridgehead atoms. The van der Waals surface area contributed by atoms with Gasteiger partial charge in [0.05, 0.1) is 6.10 Å². The van der Waals surface area contributed by atoms with E-state index in [1.165, 1.54) is 17.9 Å². The lowest BCUT2D eigenvalue weighted by Crippen LogP contribution is -2.00. The number of hydrogen-bond donors (Lipinski definition) is 1. The first-order valence-electron chi connectivity index (χ1n) is 4.35. The van der Waals surface area contributed by atoms with Crippen LogP contribution in [-0.2, 0) is 6.42 Å². The Labute approximate surface area is 86.2 Å². The Balaban J connectivity index is 2.07. The van der Waals surface area contributed by atoms with Crippen LogP contribution in [0.5, 0.6) is 0 Å². The second-order valence-corrected chi connectivity index (χ2v) is 3.83. The zero-order valence-corrected chi connectivity index (χ0v) is 8.31. The molecule has 1 aromatic carbocycles. The Morgan fingerprint density at radius 2 is 2.07 bits per heavy atom. The van der Waals surface area contributed by atoms with Crippen LogP contribution in [-0.4, -0.2) is 14.5 Å². The molecule has 0 saturated carbocycles. The highest BCUT2D eigenvalue weighted by molar-refractivity contribution is 7.05. The van der Waals surface area contributed by atoms with Gasteiger partial charge < -0.3 is 5.11 Å². The summed E-state index contributed by atoms with van der Waals surface area (Å²) in [6.45, 7) is 0. The third-order valence-corrected chi connectivity index (χ3v) is 2.64. The maximum Gasteiger partial charge on any atom is 0.129 e. The monoisotopic (exact) mass is 206 g/mol. The molecule has 0 amide bonds. The third-order valence-electron chi connectivity index (χ3n) is 1.96. The fraction of sp³-hybridized carbons (Fsp3) is 0.200. The minimum absolute atomic E-state index is 0.482. The van der Waals surface area contributed by atoms with Crippen molar-refractivity contribution in [2.45, 2.75) is 12.5 Å². The second-order valence-electron chi connectivity index (χ2n) is 2.97. The molecule has 2 rings (SSSR count). The van der Waals surface area contributed by atoms with Gasteiger partial charge in [-0.05, 0) is 17.1 Å². The minimum atomic E-state index is -0.482. The number of aliphatic hydroxyl groups excluding tert-OH is 1. The van der Waals surface area contributed by atoms with Crippen molar-refractivity contribution >= 4 is 11.5 Å². The Morgan fingerprint density at radius 1 is 1.29 bits per heavy atom. The zero-order chi connectivity index (χ0) is 9.80. The smallest absolute Gasteiger partial charge is 0.129 e. The van der Waals surface area contributed by atoms with Gasteiger partial charge in [0.25, 0.3) is 0 Å². The van der Waals surface area contributed by atoms with E-state index < -0.39 is 6.10 Å². The van der Waals surface area contributed by atoms with Crippen LogP contribution in [0.2, 0.25) is 0 Å². The number of nitrogens with zero attached hydrogens (tertiary/aromatic N) is 2. The number of aromatic nitrogens is 2. The van der Waals surface area contributed by atoms with Gasteiger partial charge in [0.2, 0.25) is 0 Å². The van der Waals surface area contributed by atoms with Gasteiger partial charge in [-0.15, -0.1) is 0 Å². The lowest BCUT2D eigenvalue weighted by Gasteiger charge is -2.07. The van der Waals surface area contributed by atoms with E-state index in [1.807, 2.05) is 30.3 Å². The van der Waals surface area contributed by atoms with Crippen molar-refractivity contribution in [2.75, 3.05) is 0 Å². The van der Waals surface area contributed by atoms with E-state index in [-0.39, 0.29) is 0 Å². The molecule has 4 heteroatoms. The van der Waals surface area contributed by atoms with Gasteiger partial charge in [-0.2, -0.15) is 4.37 Å². The van der Waals surface area contributed by atoms with Crippen LogP contribution in [0.3, 0.4) is 0 Å².